The van der Waals surface area contributed by atoms with Crippen molar-refractivity contribution in [3.05, 3.63) is 227 Å². The monoisotopic (exact) mass is 4770 g/mol. The highest BCUT2D eigenvalue weighted by molar-refractivity contribution is 14.1. The molecule has 792 valence electrons. The molecule has 6 aliphatic carbocycles. The van der Waals surface area contributed by atoms with Crippen LogP contribution >= 0.6 is 542 Å². The smallest absolute Gasteiger partial charge is 0.367 e. The summed E-state index contributed by atoms with van der Waals surface area (Å²) in [5, 5.41) is -4.97. The third-order valence-electron chi connectivity index (χ3n) is 22.3. The Morgan fingerprint density at radius 1 is 0.313 bits per heavy atom. The molecule has 0 aromatic heterocycles. The van der Waals surface area contributed by atoms with Gasteiger partial charge < -0.3 is 65.8 Å². The largest absolute Gasteiger partial charge is 0.748 e. The van der Waals surface area contributed by atoms with Crippen LogP contribution in [0, 0.1) is 103 Å². The normalized spacial score (nSPS) is 21.4. The highest BCUT2D eigenvalue weighted by atomic mass is 127. The molecule has 0 aliphatic heterocycles. The Labute approximate surface area is 1170 Å². The Bertz CT molecular complexity index is 6830. The number of ether oxygens (including phenoxy) is 11. The van der Waals surface area contributed by atoms with Gasteiger partial charge in [0.05, 0.1) is 87.6 Å². The van der Waals surface area contributed by atoms with Crippen LogP contribution in [0.25, 0.3) is 0 Å². The third-order valence-corrected chi connectivity index (χ3v) is 54.1. The first-order valence-corrected chi connectivity index (χ1v) is 71.2. The van der Waals surface area contributed by atoms with Gasteiger partial charge in [0.25, 0.3) is 0 Å². The lowest BCUT2D eigenvalue weighted by Crippen LogP contribution is -2.73. The minimum Gasteiger partial charge on any atom is -0.748 e. The van der Waals surface area contributed by atoms with Crippen LogP contribution in [0.2, 0.25) is 0 Å². The van der Waals surface area contributed by atoms with Crippen LogP contribution in [0.4, 0.5) is 8.78 Å². The summed E-state index contributed by atoms with van der Waals surface area (Å²) < 4.78 is 211. The number of carbonyl (C=O) groups excluding carboxylic acids is 11. The van der Waals surface area contributed by atoms with Crippen molar-refractivity contribution in [2.75, 3.05) is 31.3 Å². The summed E-state index contributed by atoms with van der Waals surface area (Å²) in [6, 6.07) is 28.3. The topological polar surface area (TPSA) is 461 Å². The maximum atomic E-state index is 14.5. The van der Waals surface area contributed by atoms with Gasteiger partial charge in [-0.25, -0.2) is 63.6 Å². The first-order valence-electron chi connectivity index (χ1n) is 40.8. The molecular formula is C87H55F2I24O31S3-3. The lowest BCUT2D eigenvalue weighted by molar-refractivity contribution is -0.278. The molecule has 31 nitrogen and oxygen atoms in total. The average Bonchev–Trinajstić information content (AvgIpc) is 0.674. The van der Waals surface area contributed by atoms with Crippen molar-refractivity contribution < 1.29 is 153 Å². The molecule has 6 aliphatic rings. The molecule has 6 atom stereocenters. The fraction of sp³-hybridized carbons (Fsp3) is 0.322. The Kier molecular flexibility index (Phi) is 50.5. The first-order chi connectivity index (χ1) is 68.1. The van der Waals surface area contributed by atoms with E-state index in [1.165, 1.54) is 0 Å². The highest BCUT2D eigenvalue weighted by Gasteiger charge is 2.76. The summed E-state index contributed by atoms with van der Waals surface area (Å²) in [7, 11) is -15.5. The van der Waals surface area contributed by atoms with E-state index in [0.29, 0.717) is 41.7 Å². The molecule has 0 saturated heterocycles. The summed E-state index contributed by atoms with van der Waals surface area (Å²) >= 11 is 49.6. The van der Waals surface area contributed by atoms with E-state index in [-0.39, 0.29) is 98.4 Å². The van der Waals surface area contributed by atoms with Gasteiger partial charge in [-0.05, 0) is 652 Å². The Morgan fingerprint density at radius 3 is 0.871 bits per heavy atom. The first kappa shape index (κ1) is 132. The lowest BCUT2D eigenvalue weighted by atomic mass is 9.44. The van der Waals surface area contributed by atoms with Gasteiger partial charge in [-0.2, -0.15) is 8.78 Å². The maximum absolute atomic E-state index is 14.5. The highest BCUT2D eigenvalue weighted by Crippen LogP contribution is 2.69. The average molecular weight is 4780 g/mol. The molecule has 4 bridgehead atoms. The molecule has 0 amide bonds. The molecular weight excluding hydrogens is 4720 g/mol. The molecule has 0 radical (unpaired) electrons. The molecule has 0 N–H and O–H groups in total. The zero-order chi connectivity index (χ0) is 109. The van der Waals surface area contributed by atoms with Crippen LogP contribution in [-0.2, 0) is 96.8 Å². The number of hydrogen-bond acceptors (Lipinski definition) is 31. The standard InChI is InChI=1S/C34H21F2I9O11S.C30H19I9O11S.C23H18I6O9S/c35-34(36,57(50,51)52)13-53-29(49)30-7-31(54-26(46)16-3-14(37)5-20(41)23(16)43)10-32(8-30,55-27(47)17-4-15(38)6-21(42)24(17)44)12-33(9-30,11-31)56-28(48)22-18(39)1-2-19(40)25(22)45;31-11-3-15(24(37)18(34)6-11)27(40)48-14-9-21(49-28(41)16-4-12(32)7-19(35)25(16)38)23(30(43)47-1-2-51(44,45)46)22(10-14)50-29(42)17-5-13(33)8-20(36)26(17)39;24-11-5-15(19(28)17(26)7-11)22(31)37-13-3-10(21(30)36-1-2-39(33,34)35)4-14(9-13)38-23(32)16-6-12(25)8-18(27)20(16)29/h1-6H,7-13H2,(H,50,51,52);3-8,14,21-23H,1-2,9-10H2,(H,44,45,46);5-8,10,13-14H,1-4,9H2,(H,33,34,35)/p-3. The number of rotatable bonds is 28. The molecule has 60 heteroatoms. The summed E-state index contributed by atoms with van der Waals surface area (Å²) in [4.78, 5) is 151. The number of halogens is 26. The number of hydrogen-bond donors (Lipinski definition) is 0. The van der Waals surface area contributed by atoms with Crippen LogP contribution in [0.1, 0.15) is 153 Å². The molecule has 8 aromatic carbocycles. The van der Waals surface area contributed by atoms with E-state index in [9.17, 15) is 100 Å². The van der Waals surface area contributed by atoms with Gasteiger partial charge in [0.2, 0.25) is 0 Å². The van der Waals surface area contributed by atoms with E-state index in [1.807, 2.05) is 184 Å². The van der Waals surface area contributed by atoms with Gasteiger partial charge >= 0.3 is 70.9 Å². The summed E-state index contributed by atoms with van der Waals surface area (Å²) in [6.07, 6.45) is -6.79. The second-order valence-corrected chi connectivity index (χ2v) is 65.3. The van der Waals surface area contributed by atoms with Crippen molar-refractivity contribution in [1.82, 2.24) is 0 Å². The van der Waals surface area contributed by atoms with E-state index in [0.717, 1.165) is 60.7 Å². The zero-order valence-corrected chi connectivity index (χ0v) is 127. The Morgan fingerprint density at radius 2 is 0.578 bits per heavy atom. The molecule has 14 rings (SSSR count). The van der Waals surface area contributed by atoms with Crippen LogP contribution in [0.5, 0.6) is 0 Å². The number of alkyl halides is 2. The lowest BCUT2D eigenvalue weighted by Gasteiger charge is -2.66. The van der Waals surface area contributed by atoms with Gasteiger partial charge in [0.1, 0.15) is 66.5 Å². The third kappa shape index (κ3) is 35.4. The van der Waals surface area contributed by atoms with Gasteiger partial charge in [0.15, 0.2) is 16.7 Å². The number of benzene rings is 8. The number of esters is 11. The molecule has 0 heterocycles. The van der Waals surface area contributed by atoms with E-state index < -0.39 is 197 Å². The zero-order valence-electron chi connectivity index (χ0n) is 72.3. The molecule has 6 unspecified atom stereocenters. The van der Waals surface area contributed by atoms with Crippen molar-refractivity contribution in [3.8, 4) is 0 Å². The molecule has 147 heavy (non-hydrogen) atoms. The number of carbonyl (C=O) groups is 11. The van der Waals surface area contributed by atoms with Crippen molar-refractivity contribution >= 4 is 638 Å². The predicted molar refractivity (Wildman–Crippen MR) is 724 cm³/mol. The van der Waals surface area contributed by atoms with Crippen molar-refractivity contribution in [1.29, 1.82) is 0 Å². The quantitative estimate of drug-likeness (QED) is 0.0144. The molecule has 6 saturated carbocycles. The SMILES string of the molecule is O=C(OC12CC3(OC(=O)c4cc(I)cc(I)c4I)CC(OC(=O)c4c(I)ccc(I)c4I)(C1)CC(C(=O)OCC(F)(F)S(=O)(=O)[O-])(C2)C3)c1cc(I)cc(I)c1I.O=C(OC1CC(OC(=O)c2cc(I)cc(I)c2I)C(C(=O)OCCS(=O)(=O)[O-])C(OC(=O)c2cc(I)cc(I)c2I)C1)c1cc(I)cc(I)c1I.O=C(OC1CC(OC(=O)c2cc(I)cc(I)c2I)CC(C(=O)OCCS(=O)(=O)[O-])C1)c1cc(I)cc(I)c1I. The van der Waals surface area contributed by atoms with E-state index in [2.05, 4.69) is 407 Å². The van der Waals surface area contributed by atoms with Gasteiger partial charge in [0, 0.05) is 143 Å². The molecule has 6 fully saturated rings. The minimum absolute atomic E-state index is 0.0962. The van der Waals surface area contributed by atoms with Crippen LogP contribution in [0.15, 0.2) is 97.1 Å². The maximum Gasteiger partial charge on any atom is 0.367 e. The van der Waals surface area contributed by atoms with E-state index in [1.54, 1.807) is 48.5 Å². The summed E-state index contributed by atoms with van der Waals surface area (Å²) in [6.45, 7) is -3.46. The molecule has 0 spiro atoms. The van der Waals surface area contributed by atoms with Crippen molar-refractivity contribution in [2.24, 2.45) is 17.3 Å². The second kappa shape index (κ2) is 56.2. The van der Waals surface area contributed by atoms with E-state index in [4.69, 9.17) is 52.1 Å². The van der Waals surface area contributed by atoms with Gasteiger partial charge in [-0.15, -0.1) is 0 Å². The van der Waals surface area contributed by atoms with E-state index >= 15 is 0 Å². The Balaban J connectivity index is 0.000000213. The summed E-state index contributed by atoms with van der Waals surface area (Å²) in [5.74, 6) is -13.1. The van der Waals surface area contributed by atoms with Gasteiger partial charge in [-0.3, -0.25) is 14.4 Å². The minimum atomic E-state index is -6.24. The van der Waals surface area contributed by atoms with Crippen LogP contribution < -0.4 is 0 Å². The fourth-order valence-electron chi connectivity index (χ4n) is 16.8. The molecule has 8 aromatic rings. The van der Waals surface area contributed by atoms with Crippen LogP contribution in [-0.4, -0.2) is 188 Å². The van der Waals surface area contributed by atoms with Crippen molar-refractivity contribution in [2.45, 2.75) is 123 Å². The van der Waals surface area contributed by atoms with Gasteiger partial charge in [-0.1, -0.05) is 0 Å². The fourth-order valence-corrected chi connectivity index (χ4v) is 36.6. The van der Waals surface area contributed by atoms with Crippen molar-refractivity contribution in [3.63, 3.8) is 0 Å². The van der Waals surface area contributed by atoms with Crippen LogP contribution in [0.3, 0.4) is 0 Å². The summed E-state index contributed by atoms with van der Waals surface area (Å²) in [5.41, 5.74) is -4.97. The second-order valence-electron chi connectivity index (χ2n) is 32.9. The predicted octanol–water partition coefficient (Wildman–Crippen LogP) is 24.8. The Hall–Kier alpha value is 5.04.